The minimum atomic E-state index is 0.0386. The van der Waals surface area contributed by atoms with Crippen LogP contribution in [0.5, 0.6) is 5.75 Å². The Labute approximate surface area is 78.5 Å². The van der Waals surface area contributed by atoms with Gasteiger partial charge in [0.25, 0.3) is 0 Å². The molecular formula is C11H14O2. The molecule has 0 bridgehead atoms. The van der Waals surface area contributed by atoms with Crippen LogP contribution in [0.15, 0.2) is 24.3 Å². The van der Waals surface area contributed by atoms with E-state index in [1.807, 2.05) is 37.3 Å². The van der Waals surface area contributed by atoms with E-state index in [-0.39, 0.29) is 6.61 Å². The lowest BCUT2D eigenvalue weighted by Gasteiger charge is -2.05. The smallest absolute Gasteiger partial charge is 0.119 e. The first kappa shape index (κ1) is 9.81. The van der Waals surface area contributed by atoms with E-state index in [0.717, 1.165) is 16.9 Å². The van der Waals surface area contributed by atoms with Crippen LogP contribution in [0.25, 0.3) is 6.08 Å². The Morgan fingerprint density at radius 1 is 1.46 bits per heavy atom. The van der Waals surface area contributed by atoms with Crippen molar-refractivity contribution in [3.05, 3.63) is 35.4 Å². The van der Waals surface area contributed by atoms with Gasteiger partial charge in [-0.15, -0.1) is 0 Å². The minimum absolute atomic E-state index is 0.0386. The highest BCUT2D eigenvalue weighted by atomic mass is 16.5. The van der Waals surface area contributed by atoms with Crippen molar-refractivity contribution in [3.8, 4) is 5.75 Å². The van der Waals surface area contributed by atoms with Gasteiger partial charge in [-0.1, -0.05) is 18.2 Å². The molecule has 1 rings (SSSR count). The fourth-order valence-corrected chi connectivity index (χ4v) is 1.19. The van der Waals surface area contributed by atoms with Crippen molar-refractivity contribution in [1.82, 2.24) is 0 Å². The molecule has 0 amide bonds. The number of hydrogen-bond acceptors (Lipinski definition) is 2. The van der Waals surface area contributed by atoms with E-state index >= 15 is 0 Å². The highest BCUT2D eigenvalue weighted by Crippen LogP contribution is 2.18. The Balaban J connectivity index is 3.07. The Hall–Kier alpha value is -1.28. The lowest BCUT2D eigenvalue weighted by atomic mass is 10.1. The molecule has 1 aromatic rings. The Morgan fingerprint density at radius 3 is 2.77 bits per heavy atom. The second kappa shape index (κ2) is 4.67. The van der Waals surface area contributed by atoms with E-state index in [1.165, 1.54) is 0 Å². The number of aliphatic hydroxyl groups excluding tert-OH is 1. The molecule has 0 saturated carbocycles. The van der Waals surface area contributed by atoms with Crippen LogP contribution < -0.4 is 4.74 Å². The fourth-order valence-electron chi connectivity index (χ4n) is 1.19. The van der Waals surface area contributed by atoms with Gasteiger partial charge in [-0.25, -0.2) is 0 Å². The highest BCUT2D eigenvalue weighted by Gasteiger charge is 1.99. The van der Waals surface area contributed by atoms with Crippen molar-refractivity contribution in [1.29, 1.82) is 0 Å². The number of hydrogen-bond donors (Lipinski definition) is 1. The zero-order chi connectivity index (χ0) is 9.68. The number of benzene rings is 1. The van der Waals surface area contributed by atoms with Gasteiger partial charge in [0.2, 0.25) is 0 Å². The molecule has 0 heterocycles. The summed E-state index contributed by atoms with van der Waals surface area (Å²) in [4.78, 5) is 0. The molecule has 0 atom stereocenters. The first-order valence-electron chi connectivity index (χ1n) is 4.22. The molecule has 0 spiro atoms. The van der Waals surface area contributed by atoms with E-state index in [9.17, 15) is 0 Å². The third-order valence-corrected chi connectivity index (χ3v) is 1.87. The van der Waals surface area contributed by atoms with Gasteiger partial charge < -0.3 is 9.84 Å². The normalized spacial score (nSPS) is 10.7. The van der Waals surface area contributed by atoms with Crippen LogP contribution in [-0.2, 0) is 6.61 Å². The molecule has 0 aromatic heterocycles. The van der Waals surface area contributed by atoms with Crippen molar-refractivity contribution in [2.24, 2.45) is 0 Å². The SMILES string of the molecule is CC=Cc1ccc(OC)cc1CO. The van der Waals surface area contributed by atoms with E-state index in [4.69, 9.17) is 9.84 Å². The van der Waals surface area contributed by atoms with Gasteiger partial charge >= 0.3 is 0 Å². The molecule has 0 radical (unpaired) electrons. The summed E-state index contributed by atoms with van der Waals surface area (Å²) >= 11 is 0. The van der Waals surface area contributed by atoms with Crippen LogP contribution in [-0.4, -0.2) is 12.2 Å². The Bertz CT molecular complexity index is 303. The van der Waals surface area contributed by atoms with Crippen LogP contribution >= 0.6 is 0 Å². The van der Waals surface area contributed by atoms with Gasteiger partial charge in [0.05, 0.1) is 13.7 Å². The number of ether oxygens (including phenoxy) is 1. The summed E-state index contributed by atoms with van der Waals surface area (Å²) in [6, 6.07) is 5.66. The summed E-state index contributed by atoms with van der Waals surface area (Å²) < 4.78 is 5.05. The first-order chi connectivity index (χ1) is 6.31. The zero-order valence-electron chi connectivity index (χ0n) is 7.95. The monoisotopic (exact) mass is 178 g/mol. The van der Waals surface area contributed by atoms with Crippen molar-refractivity contribution in [2.45, 2.75) is 13.5 Å². The second-order valence-electron chi connectivity index (χ2n) is 2.72. The largest absolute Gasteiger partial charge is 0.497 e. The lowest BCUT2D eigenvalue weighted by molar-refractivity contribution is 0.280. The number of methoxy groups -OCH3 is 1. The zero-order valence-corrected chi connectivity index (χ0v) is 7.95. The predicted octanol–water partition coefficient (Wildman–Crippen LogP) is 2.22. The maximum atomic E-state index is 9.08. The summed E-state index contributed by atoms with van der Waals surface area (Å²) in [5.41, 5.74) is 1.92. The van der Waals surface area contributed by atoms with Crippen molar-refractivity contribution in [3.63, 3.8) is 0 Å². The maximum absolute atomic E-state index is 9.08. The van der Waals surface area contributed by atoms with Crippen LogP contribution in [0.4, 0.5) is 0 Å². The van der Waals surface area contributed by atoms with Crippen LogP contribution in [0, 0.1) is 0 Å². The minimum Gasteiger partial charge on any atom is -0.497 e. The standard InChI is InChI=1S/C11H14O2/c1-3-4-9-5-6-11(13-2)7-10(9)8-12/h3-7,12H,8H2,1-2H3. The molecule has 0 aliphatic carbocycles. The summed E-state index contributed by atoms with van der Waals surface area (Å²) in [5.74, 6) is 0.775. The first-order valence-corrected chi connectivity index (χ1v) is 4.22. The summed E-state index contributed by atoms with van der Waals surface area (Å²) in [6.07, 6.45) is 3.91. The number of rotatable bonds is 3. The summed E-state index contributed by atoms with van der Waals surface area (Å²) in [5, 5.41) is 9.08. The van der Waals surface area contributed by atoms with Crippen LogP contribution in [0.1, 0.15) is 18.1 Å². The topological polar surface area (TPSA) is 29.5 Å². The van der Waals surface area contributed by atoms with Gasteiger partial charge in [-0.3, -0.25) is 0 Å². The molecule has 0 aliphatic heterocycles. The quantitative estimate of drug-likeness (QED) is 0.769. The third kappa shape index (κ3) is 2.33. The van der Waals surface area contributed by atoms with Crippen LogP contribution in [0.3, 0.4) is 0 Å². The second-order valence-corrected chi connectivity index (χ2v) is 2.72. The fraction of sp³-hybridized carbons (Fsp3) is 0.273. The lowest BCUT2D eigenvalue weighted by Crippen LogP contribution is -1.90. The predicted molar refractivity (Wildman–Crippen MR) is 53.6 cm³/mol. The average molecular weight is 178 g/mol. The molecule has 0 fully saturated rings. The highest BCUT2D eigenvalue weighted by molar-refractivity contribution is 5.55. The van der Waals surface area contributed by atoms with Gasteiger partial charge in [-0.05, 0) is 30.2 Å². The molecule has 70 valence electrons. The molecular weight excluding hydrogens is 164 g/mol. The molecule has 0 saturated heterocycles. The number of aliphatic hydroxyl groups is 1. The van der Waals surface area contributed by atoms with Crippen LogP contribution in [0.2, 0.25) is 0 Å². The molecule has 1 N–H and O–H groups in total. The van der Waals surface area contributed by atoms with Crippen molar-refractivity contribution >= 4 is 6.08 Å². The summed E-state index contributed by atoms with van der Waals surface area (Å²) in [6.45, 7) is 1.99. The van der Waals surface area contributed by atoms with E-state index < -0.39 is 0 Å². The molecule has 2 nitrogen and oxygen atoms in total. The van der Waals surface area contributed by atoms with E-state index in [0.29, 0.717) is 0 Å². The van der Waals surface area contributed by atoms with Crippen molar-refractivity contribution in [2.75, 3.05) is 7.11 Å². The van der Waals surface area contributed by atoms with Gasteiger partial charge in [-0.2, -0.15) is 0 Å². The molecule has 0 aliphatic rings. The molecule has 0 unspecified atom stereocenters. The maximum Gasteiger partial charge on any atom is 0.119 e. The van der Waals surface area contributed by atoms with E-state index in [1.54, 1.807) is 7.11 Å². The van der Waals surface area contributed by atoms with Crippen molar-refractivity contribution < 1.29 is 9.84 Å². The molecule has 13 heavy (non-hydrogen) atoms. The Morgan fingerprint density at radius 2 is 2.23 bits per heavy atom. The molecule has 1 aromatic carbocycles. The van der Waals surface area contributed by atoms with Gasteiger partial charge in [0.1, 0.15) is 5.75 Å². The van der Waals surface area contributed by atoms with Gasteiger partial charge in [0.15, 0.2) is 0 Å². The summed E-state index contributed by atoms with van der Waals surface area (Å²) in [7, 11) is 1.62. The Kier molecular flexibility index (Phi) is 3.53. The molecule has 2 heteroatoms. The van der Waals surface area contributed by atoms with Gasteiger partial charge in [0, 0.05) is 0 Å². The van der Waals surface area contributed by atoms with E-state index in [2.05, 4.69) is 0 Å². The number of allylic oxidation sites excluding steroid dienone is 1. The average Bonchev–Trinajstić information content (AvgIpc) is 2.19. The third-order valence-electron chi connectivity index (χ3n) is 1.87.